The van der Waals surface area contributed by atoms with E-state index in [-0.39, 0.29) is 0 Å². The van der Waals surface area contributed by atoms with Crippen LogP contribution in [0.4, 0.5) is 5.69 Å². The van der Waals surface area contributed by atoms with Crippen molar-refractivity contribution >= 4 is 17.3 Å². The highest BCUT2D eigenvalue weighted by Crippen LogP contribution is 2.33. The summed E-state index contributed by atoms with van der Waals surface area (Å²) in [6.07, 6.45) is 1.06. The van der Waals surface area contributed by atoms with Gasteiger partial charge in [-0.2, -0.15) is 0 Å². The van der Waals surface area contributed by atoms with Gasteiger partial charge in [0.25, 0.3) is 0 Å². The molecule has 1 aliphatic heterocycles. The Kier molecular flexibility index (Phi) is 2.20. The van der Waals surface area contributed by atoms with Gasteiger partial charge in [-0.1, -0.05) is 31.5 Å². The van der Waals surface area contributed by atoms with E-state index >= 15 is 0 Å². The van der Waals surface area contributed by atoms with Gasteiger partial charge in [-0.05, 0) is 30.0 Å². The van der Waals surface area contributed by atoms with Gasteiger partial charge >= 0.3 is 0 Å². The van der Waals surface area contributed by atoms with Gasteiger partial charge in [0.2, 0.25) is 0 Å². The quantitative estimate of drug-likeness (QED) is 0.725. The molecule has 1 unspecified atom stereocenters. The molecule has 0 radical (unpaired) electrons. The second-order valence-corrected chi connectivity index (χ2v) is 4.37. The fraction of sp³-hybridized carbons (Fsp3) is 0.455. The molecular weight excluding hydrogens is 182 g/mol. The fourth-order valence-corrected chi connectivity index (χ4v) is 2.03. The highest BCUT2D eigenvalue weighted by molar-refractivity contribution is 6.31. The molecule has 1 atom stereocenters. The molecule has 70 valence electrons. The number of rotatable bonds is 1. The lowest BCUT2D eigenvalue weighted by Crippen LogP contribution is -2.21. The highest BCUT2D eigenvalue weighted by atomic mass is 35.5. The summed E-state index contributed by atoms with van der Waals surface area (Å²) in [4.78, 5) is 0. The summed E-state index contributed by atoms with van der Waals surface area (Å²) in [5.74, 6) is 0.656. The normalized spacial score (nSPS) is 20.2. The van der Waals surface area contributed by atoms with Crippen molar-refractivity contribution in [2.75, 3.05) is 5.32 Å². The van der Waals surface area contributed by atoms with E-state index in [4.69, 9.17) is 11.6 Å². The predicted octanol–water partition coefficient (Wildman–Crippen LogP) is 3.33. The Morgan fingerprint density at radius 2 is 2.23 bits per heavy atom. The van der Waals surface area contributed by atoms with Crippen LogP contribution in [-0.2, 0) is 6.42 Å². The van der Waals surface area contributed by atoms with E-state index in [1.54, 1.807) is 0 Å². The van der Waals surface area contributed by atoms with Crippen LogP contribution in [0.3, 0.4) is 0 Å². The van der Waals surface area contributed by atoms with Gasteiger partial charge in [0.05, 0.1) is 0 Å². The number of fused-ring (bicyclic) bond motifs is 1. The van der Waals surface area contributed by atoms with Crippen LogP contribution < -0.4 is 5.32 Å². The third-order valence-electron chi connectivity index (χ3n) is 2.69. The molecule has 1 nitrogen and oxygen atoms in total. The minimum absolute atomic E-state index is 0.551. The Labute approximate surface area is 84.1 Å². The van der Waals surface area contributed by atoms with Crippen molar-refractivity contribution in [2.45, 2.75) is 26.3 Å². The van der Waals surface area contributed by atoms with Crippen molar-refractivity contribution in [3.8, 4) is 0 Å². The second-order valence-electron chi connectivity index (χ2n) is 3.96. The molecule has 0 aromatic heterocycles. The van der Waals surface area contributed by atoms with Crippen molar-refractivity contribution in [1.82, 2.24) is 0 Å². The molecule has 1 N–H and O–H groups in total. The fourth-order valence-electron chi connectivity index (χ4n) is 1.77. The first-order valence-corrected chi connectivity index (χ1v) is 5.10. The molecule has 1 aromatic carbocycles. The Morgan fingerprint density at radius 1 is 1.46 bits per heavy atom. The number of nitrogens with one attached hydrogen (secondary N) is 1. The van der Waals surface area contributed by atoms with E-state index in [1.165, 1.54) is 11.3 Å². The van der Waals surface area contributed by atoms with E-state index in [2.05, 4.69) is 25.2 Å². The molecule has 13 heavy (non-hydrogen) atoms. The third-order valence-corrected chi connectivity index (χ3v) is 3.04. The average molecular weight is 196 g/mol. The lowest BCUT2D eigenvalue weighted by atomic mass is 10.0. The summed E-state index contributed by atoms with van der Waals surface area (Å²) in [5.41, 5.74) is 2.49. The van der Waals surface area contributed by atoms with Crippen LogP contribution in [0.5, 0.6) is 0 Å². The number of anilines is 1. The van der Waals surface area contributed by atoms with Gasteiger partial charge in [-0.15, -0.1) is 0 Å². The van der Waals surface area contributed by atoms with E-state index in [9.17, 15) is 0 Å². The smallest absolute Gasteiger partial charge is 0.0459 e. The van der Waals surface area contributed by atoms with Gasteiger partial charge in [0.1, 0.15) is 0 Å². The molecule has 0 fully saturated rings. The molecule has 1 heterocycles. The molecule has 0 aliphatic carbocycles. The van der Waals surface area contributed by atoms with Gasteiger partial charge in [0.15, 0.2) is 0 Å². The van der Waals surface area contributed by atoms with Crippen LogP contribution in [0.2, 0.25) is 5.02 Å². The molecular formula is C11H14ClN. The maximum absolute atomic E-state index is 6.10. The Balaban J connectivity index is 2.30. The highest BCUT2D eigenvalue weighted by Gasteiger charge is 2.24. The molecule has 1 aromatic rings. The molecule has 0 bridgehead atoms. The summed E-state index contributed by atoms with van der Waals surface area (Å²) >= 11 is 6.10. The Hall–Kier alpha value is -0.690. The van der Waals surface area contributed by atoms with Crippen molar-refractivity contribution in [1.29, 1.82) is 0 Å². The van der Waals surface area contributed by atoms with E-state index in [0.29, 0.717) is 12.0 Å². The molecule has 0 spiro atoms. The first-order chi connectivity index (χ1) is 6.18. The van der Waals surface area contributed by atoms with Crippen LogP contribution in [0.1, 0.15) is 19.4 Å². The summed E-state index contributed by atoms with van der Waals surface area (Å²) < 4.78 is 0. The lowest BCUT2D eigenvalue weighted by molar-refractivity contribution is 0.538. The van der Waals surface area contributed by atoms with Crippen molar-refractivity contribution in [3.05, 3.63) is 28.8 Å². The Bertz CT molecular complexity index is 320. The van der Waals surface area contributed by atoms with Crippen LogP contribution in [-0.4, -0.2) is 6.04 Å². The van der Waals surface area contributed by atoms with E-state index in [0.717, 1.165) is 11.4 Å². The topological polar surface area (TPSA) is 12.0 Å². The Morgan fingerprint density at radius 3 is 2.85 bits per heavy atom. The molecule has 1 aliphatic rings. The molecule has 2 heteroatoms. The van der Waals surface area contributed by atoms with E-state index in [1.807, 2.05) is 12.1 Å². The largest absolute Gasteiger partial charge is 0.381 e. The number of benzene rings is 1. The predicted molar refractivity (Wildman–Crippen MR) is 57.4 cm³/mol. The van der Waals surface area contributed by atoms with Gasteiger partial charge in [-0.3, -0.25) is 0 Å². The first kappa shape index (κ1) is 8.89. The van der Waals surface area contributed by atoms with Gasteiger partial charge in [-0.25, -0.2) is 0 Å². The summed E-state index contributed by atoms with van der Waals surface area (Å²) in [7, 11) is 0. The average Bonchev–Trinajstić information content (AvgIpc) is 2.49. The van der Waals surface area contributed by atoms with Crippen molar-refractivity contribution < 1.29 is 0 Å². The zero-order valence-electron chi connectivity index (χ0n) is 7.97. The van der Waals surface area contributed by atoms with Gasteiger partial charge < -0.3 is 5.32 Å². The van der Waals surface area contributed by atoms with Crippen LogP contribution in [0.15, 0.2) is 18.2 Å². The maximum atomic E-state index is 6.10. The van der Waals surface area contributed by atoms with Gasteiger partial charge in [0, 0.05) is 16.8 Å². The minimum atomic E-state index is 0.551. The van der Waals surface area contributed by atoms with Crippen LogP contribution in [0, 0.1) is 5.92 Å². The summed E-state index contributed by atoms with van der Waals surface area (Å²) in [6.45, 7) is 4.47. The second kappa shape index (κ2) is 3.22. The SMILES string of the molecule is CC(C)C1Cc2c(Cl)cccc2N1. The molecule has 0 saturated carbocycles. The molecule has 0 amide bonds. The number of hydrogen-bond acceptors (Lipinski definition) is 1. The van der Waals surface area contributed by atoms with Crippen LogP contribution >= 0.6 is 11.6 Å². The zero-order chi connectivity index (χ0) is 9.42. The lowest BCUT2D eigenvalue weighted by Gasteiger charge is -2.14. The minimum Gasteiger partial charge on any atom is -0.381 e. The maximum Gasteiger partial charge on any atom is 0.0459 e. The van der Waals surface area contributed by atoms with Crippen molar-refractivity contribution in [2.24, 2.45) is 5.92 Å². The zero-order valence-corrected chi connectivity index (χ0v) is 8.73. The van der Waals surface area contributed by atoms with E-state index < -0.39 is 0 Å². The third kappa shape index (κ3) is 1.53. The monoisotopic (exact) mass is 195 g/mol. The number of halogens is 1. The standard InChI is InChI=1S/C11H14ClN/c1-7(2)11-6-8-9(12)4-3-5-10(8)13-11/h3-5,7,11,13H,6H2,1-2H3. The summed E-state index contributed by atoms with van der Waals surface area (Å²) in [5, 5.41) is 4.39. The molecule has 0 saturated heterocycles. The van der Waals surface area contributed by atoms with Crippen LogP contribution in [0.25, 0.3) is 0 Å². The molecule has 2 rings (SSSR count). The first-order valence-electron chi connectivity index (χ1n) is 4.72. The van der Waals surface area contributed by atoms with Crippen molar-refractivity contribution in [3.63, 3.8) is 0 Å². The summed E-state index contributed by atoms with van der Waals surface area (Å²) in [6, 6.07) is 6.61. The number of hydrogen-bond donors (Lipinski definition) is 1.